The lowest BCUT2D eigenvalue weighted by molar-refractivity contribution is -0.339. The SMILES string of the molecule is CC1(C)C(O[C@@H]2OC[C@@H](O)[C@H](O)[C@@H]2O)CC[C@]23CC24CC[C@]2(C)[C@H]([C@@]5(C)CC[C@@H](C(C)(C)O)O5)[C@H](O)C[C@@]2(C)C4C[C@@H](O[C@@H]2O[C@H](CO)[C@H](O)[C@H](O)[C@H]2O)C13. The fourth-order valence-corrected chi connectivity index (χ4v) is 14.9. The van der Waals surface area contributed by atoms with E-state index in [4.69, 9.17) is 23.7 Å². The Morgan fingerprint density at radius 2 is 1.40 bits per heavy atom. The van der Waals surface area contributed by atoms with E-state index in [1.165, 1.54) is 0 Å². The minimum absolute atomic E-state index is 0.0633. The van der Waals surface area contributed by atoms with E-state index in [-0.39, 0.29) is 52.1 Å². The number of fused-ring (bicyclic) bond motifs is 2. The molecule has 316 valence electrons. The molecule has 3 saturated heterocycles. The highest BCUT2D eigenvalue weighted by molar-refractivity contribution is 5.33. The van der Waals surface area contributed by atoms with Crippen molar-refractivity contribution in [1.29, 1.82) is 0 Å². The van der Waals surface area contributed by atoms with Crippen LogP contribution < -0.4 is 0 Å². The third kappa shape index (κ3) is 5.70. The average molecular weight is 785 g/mol. The van der Waals surface area contributed by atoms with Crippen LogP contribution in [0.4, 0.5) is 0 Å². The van der Waals surface area contributed by atoms with Crippen molar-refractivity contribution in [1.82, 2.24) is 0 Å². The highest BCUT2D eigenvalue weighted by Crippen LogP contribution is 2.89. The Hall–Kier alpha value is -0.560. The molecule has 9 N–H and O–H groups in total. The van der Waals surface area contributed by atoms with Gasteiger partial charge in [0.25, 0.3) is 0 Å². The molecule has 14 heteroatoms. The number of aliphatic hydroxyl groups is 9. The number of hydrogen-bond donors (Lipinski definition) is 9. The monoisotopic (exact) mass is 784 g/mol. The van der Waals surface area contributed by atoms with Gasteiger partial charge < -0.3 is 69.6 Å². The predicted octanol–water partition coefficient (Wildman–Crippen LogP) is 0.724. The fourth-order valence-electron chi connectivity index (χ4n) is 14.9. The summed E-state index contributed by atoms with van der Waals surface area (Å²) in [7, 11) is 0. The molecule has 0 radical (unpaired) electrons. The topological polar surface area (TPSA) is 228 Å². The largest absolute Gasteiger partial charge is 0.394 e. The molecule has 8 fully saturated rings. The molecule has 0 bridgehead atoms. The van der Waals surface area contributed by atoms with Gasteiger partial charge in [0, 0.05) is 5.92 Å². The fraction of sp³-hybridized carbons (Fsp3) is 1.00. The summed E-state index contributed by atoms with van der Waals surface area (Å²) in [6.45, 7) is 13.8. The maximum atomic E-state index is 12.2. The Labute approximate surface area is 324 Å². The van der Waals surface area contributed by atoms with Gasteiger partial charge in [0.1, 0.15) is 42.7 Å². The van der Waals surface area contributed by atoms with E-state index in [2.05, 4.69) is 34.6 Å². The number of ether oxygens (including phenoxy) is 5. The molecule has 2 spiro atoms. The summed E-state index contributed by atoms with van der Waals surface area (Å²) < 4.78 is 31.9. The van der Waals surface area contributed by atoms with Gasteiger partial charge in [-0.1, -0.05) is 27.7 Å². The van der Waals surface area contributed by atoms with E-state index in [9.17, 15) is 46.0 Å². The zero-order valence-electron chi connectivity index (χ0n) is 33.6. The van der Waals surface area contributed by atoms with Crippen molar-refractivity contribution in [2.45, 2.75) is 197 Å². The summed E-state index contributed by atoms with van der Waals surface area (Å²) >= 11 is 0. The first-order chi connectivity index (χ1) is 25.5. The highest BCUT2D eigenvalue weighted by atomic mass is 16.7. The third-order valence-corrected chi connectivity index (χ3v) is 17.6. The van der Waals surface area contributed by atoms with Gasteiger partial charge in [-0.25, -0.2) is 0 Å². The van der Waals surface area contributed by atoms with Crippen LogP contribution in [-0.2, 0) is 23.7 Å². The summed E-state index contributed by atoms with van der Waals surface area (Å²) in [5, 5.41) is 97.2. The van der Waals surface area contributed by atoms with Crippen LogP contribution in [0.25, 0.3) is 0 Å². The molecule has 0 aromatic rings. The lowest BCUT2D eigenvalue weighted by Gasteiger charge is -2.65. The van der Waals surface area contributed by atoms with E-state index < -0.39 is 96.8 Å². The van der Waals surface area contributed by atoms with E-state index in [1.807, 2.05) is 0 Å². The molecule has 5 aliphatic carbocycles. The summed E-state index contributed by atoms with van der Waals surface area (Å²) in [6, 6.07) is 0. The molecule has 0 aromatic heterocycles. The van der Waals surface area contributed by atoms with Gasteiger partial charge in [-0.2, -0.15) is 0 Å². The molecular formula is C41H68O14. The average Bonchev–Trinajstić information content (AvgIpc) is 3.47. The van der Waals surface area contributed by atoms with Crippen molar-refractivity contribution in [3.63, 3.8) is 0 Å². The van der Waals surface area contributed by atoms with Crippen molar-refractivity contribution in [2.24, 2.45) is 44.8 Å². The molecule has 55 heavy (non-hydrogen) atoms. The summed E-state index contributed by atoms with van der Waals surface area (Å²) in [4.78, 5) is 0. The smallest absolute Gasteiger partial charge is 0.186 e. The Bertz CT molecular complexity index is 1460. The molecular weight excluding hydrogens is 716 g/mol. The zero-order chi connectivity index (χ0) is 40.1. The molecule has 21 atom stereocenters. The van der Waals surface area contributed by atoms with Crippen molar-refractivity contribution < 1.29 is 69.6 Å². The van der Waals surface area contributed by atoms with Crippen LogP contribution in [0.5, 0.6) is 0 Å². The molecule has 3 aliphatic heterocycles. The molecule has 3 heterocycles. The van der Waals surface area contributed by atoms with Crippen molar-refractivity contribution in [2.75, 3.05) is 13.2 Å². The third-order valence-electron chi connectivity index (χ3n) is 17.6. The molecule has 4 unspecified atom stereocenters. The number of rotatable bonds is 7. The van der Waals surface area contributed by atoms with Crippen LogP contribution >= 0.6 is 0 Å². The molecule has 0 aromatic carbocycles. The van der Waals surface area contributed by atoms with E-state index >= 15 is 0 Å². The van der Waals surface area contributed by atoms with E-state index in [0.29, 0.717) is 25.7 Å². The normalized spacial score (nSPS) is 58.7. The lowest BCUT2D eigenvalue weighted by atomic mass is 9.41. The first-order valence-corrected chi connectivity index (χ1v) is 20.9. The minimum Gasteiger partial charge on any atom is -0.394 e. The van der Waals surface area contributed by atoms with Gasteiger partial charge in [-0.3, -0.25) is 0 Å². The van der Waals surface area contributed by atoms with Crippen LogP contribution in [-0.4, -0.2) is 150 Å². The maximum Gasteiger partial charge on any atom is 0.186 e. The molecule has 14 nitrogen and oxygen atoms in total. The summed E-state index contributed by atoms with van der Waals surface area (Å²) in [6.07, 6.45) is -7.48. The van der Waals surface area contributed by atoms with Crippen LogP contribution in [0, 0.1) is 44.8 Å². The number of aliphatic hydroxyl groups excluding tert-OH is 8. The molecule has 0 amide bonds. The first kappa shape index (κ1) is 41.2. The van der Waals surface area contributed by atoms with Crippen LogP contribution in [0.2, 0.25) is 0 Å². The molecule has 8 rings (SSSR count). The Kier molecular flexibility index (Phi) is 9.90. The van der Waals surface area contributed by atoms with Gasteiger partial charge in [-0.05, 0) is 117 Å². The van der Waals surface area contributed by atoms with Crippen LogP contribution in [0.1, 0.15) is 106 Å². The Balaban J connectivity index is 1.15. The second-order valence-electron chi connectivity index (χ2n) is 21.1. The van der Waals surface area contributed by atoms with Gasteiger partial charge >= 0.3 is 0 Å². The zero-order valence-corrected chi connectivity index (χ0v) is 33.6. The van der Waals surface area contributed by atoms with Crippen molar-refractivity contribution >= 4 is 0 Å². The quantitative estimate of drug-likeness (QED) is 0.162. The van der Waals surface area contributed by atoms with E-state index in [0.717, 1.165) is 32.1 Å². The predicted molar refractivity (Wildman–Crippen MR) is 194 cm³/mol. The first-order valence-electron chi connectivity index (χ1n) is 20.9. The van der Waals surface area contributed by atoms with Crippen molar-refractivity contribution in [3.05, 3.63) is 0 Å². The van der Waals surface area contributed by atoms with Gasteiger partial charge in [0.15, 0.2) is 12.6 Å². The Morgan fingerprint density at radius 1 is 0.709 bits per heavy atom. The molecule has 8 aliphatic rings. The second-order valence-corrected chi connectivity index (χ2v) is 21.1. The standard InChI is InChI=1S/C41H68O14/c1-35(2)24(54-33-29(48)26(45)20(44)17-51-33)9-11-41-18-40(41)13-12-37(5)31(39(7)10-8-25(55-39)36(3,4)50)19(43)15-38(37,6)23(40)14-21(32(35)41)52-34-30(49)28(47)27(46)22(16-42)53-34/h19-34,42-50H,8-18H2,1-7H3/t19-,20-,21-,22-,23?,24?,25+,26+,27+,28+,29+,30-,31-,32?,33+,34-,37-,38+,39-,40?,41-/m1/s1. The lowest BCUT2D eigenvalue weighted by Crippen LogP contribution is -2.65. The summed E-state index contributed by atoms with van der Waals surface area (Å²) in [5.74, 6) is -0.215. The van der Waals surface area contributed by atoms with Gasteiger partial charge in [0.05, 0.1) is 48.8 Å². The van der Waals surface area contributed by atoms with Crippen molar-refractivity contribution in [3.8, 4) is 0 Å². The summed E-state index contributed by atoms with van der Waals surface area (Å²) in [5.41, 5.74) is -3.16. The molecule has 5 saturated carbocycles. The van der Waals surface area contributed by atoms with E-state index in [1.54, 1.807) is 13.8 Å². The number of hydrogen-bond acceptors (Lipinski definition) is 14. The van der Waals surface area contributed by atoms with Crippen LogP contribution in [0.15, 0.2) is 0 Å². The van der Waals surface area contributed by atoms with Crippen LogP contribution in [0.3, 0.4) is 0 Å². The Morgan fingerprint density at radius 3 is 2.05 bits per heavy atom. The minimum atomic E-state index is -1.60. The van der Waals surface area contributed by atoms with Gasteiger partial charge in [0.2, 0.25) is 0 Å². The highest BCUT2D eigenvalue weighted by Gasteiger charge is 2.85. The second kappa shape index (κ2) is 13.2. The van der Waals surface area contributed by atoms with Gasteiger partial charge in [-0.15, -0.1) is 0 Å². The maximum absolute atomic E-state index is 12.2.